The van der Waals surface area contributed by atoms with Crippen LogP contribution in [0.1, 0.15) is 33.1 Å². The second-order valence-electron chi connectivity index (χ2n) is 2.78. The monoisotopic (exact) mass is 234 g/mol. The SMILES string of the molecule is CCOCC.O=C(O)CCC(=O)CC(=O)O. The maximum atomic E-state index is 10.5. The van der Waals surface area contributed by atoms with Gasteiger partial charge in [0.1, 0.15) is 12.2 Å². The number of carbonyl (C=O) groups excluding carboxylic acids is 1. The van der Waals surface area contributed by atoms with E-state index in [1.165, 1.54) is 0 Å². The van der Waals surface area contributed by atoms with Crippen molar-refractivity contribution in [1.82, 2.24) is 0 Å². The van der Waals surface area contributed by atoms with Crippen LogP contribution in [0.25, 0.3) is 0 Å². The molecular weight excluding hydrogens is 216 g/mol. The molecule has 0 aliphatic carbocycles. The Bertz CT molecular complexity index is 221. The highest BCUT2D eigenvalue weighted by Gasteiger charge is 2.08. The fourth-order valence-corrected chi connectivity index (χ4v) is 0.708. The lowest BCUT2D eigenvalue weighted by molar-refractivity contribution is -0.142. The number of Topliss-reactive ketones (excluding diaryl/α,β-unsaturated/α-hetero) is 1. The summed E-state index contributed by atoms with van der Waals surface area (Å²) >= 11 is 0. The molecule has 0 aromatic rings. The smallest absolute Gasteiger partial charge is 0.310 e. The second kappa shape index (κ2) is 11.6. The normalized spacial score (nSPS) is 8.88. The molecule has 0 rings (SSSR count). The number of rotatable bonds is 7. The lowest BCUT2D eigenvalue weighted by atomic mass is 10.2. The van der Waals surface area contributed by atoms with E-state index in [0.29, 0.717) is 0 Å². The van der Waals surface area contributed by atoms with E-state index in [1.54, 1.807) is 0 Å². The third-order valence-corrected chi connectivity index (χ3v) is 1.37. The van der Waals surface area contributed by atoms with E-state index in [0.717, 1.165) is 13.2 Å². The van der Waals surface area contributed by atoms with Crippen LogP contribution in [0.2, 0.25) is 0 Å². The molecule has 0 fully saturated rings. The topological polar surface area (TPSA) is 101 Å². The fraction of sp³-hybridized carbons (Fsp3) is 0.700. The van der Waals surface area contributed by atoms with Crippen molar-refractivity contribution in [3.63, 3.8) is 0 Å². The molecular formula is C10H18O6. The highest BCUT2D eigenvalue weighted by molar-refractivity contribution is 5.95. The maximum absolute atomic E-state index is 10.5. The minimum absolute atomic E-state index is 0.207. The van der Waals surface area contributed by atoms with Gasteiger partial charge in [0.05, 0.1) is 6.42 Å². The van der Waals surface area contributed by atoms with Crippen LogP contribution < -0.4 is 0 Å². The van der Waals surface area contributed by atoms with Crippen LogP contribution in [0, 0.1) is 0 Å². The molecule has 0 spiro atoms. The van der Waals surface area contributed by atoms with Crippen molar-refractivity contribution < 1.29 is 29.3 Å². The lowest BCUT2D eigenvalue weighted by Gasteiger charge is -1.92. The summed E-state index contributed by atoms with van der Waals surface area (Å²) in [6.45, 7) is 5.67. The highest BCUT2D eigenvalue weighted by Crippen LogP contribution is 1.94. The summed E-state index contributed by atoms with van der Waals surface area (Å²) in [4.78, 5) is 30.3. The Morgan fingerprint density at radius 1 is 0.938 bits per heavy atom. The predicted octanol–water partition coefficient (Wildman–Crippen LogP) is 0.938. The van der Waals surface area contributed by atoms with E-state index in [1.807, 2.05) is 13.8 Å². The van der Waals surface area contributed by atoms with Gasteiger partial charge in [0.2, 0.25) is 0 Å². The van der Waals surface area contributed by atoms with Crippen molar-refractivity contribution in [2.75, 3.05) is 13.2 Å². The van der Waals surface area contributed by atoms with Crippen molar-refractivity contribution in [2.24, 2.45) is 0 Å². The first-order chi connectivity index (χ1) is 7.43. The van der Waals surface area contributed by atoms with Gasteiger partial charge in [-0.3, -0.25) is 14.4 Å². The van der Waals surface area contributed by atoms with Crippen LogP contribution in [-0.4, -0.2) is 41.1 Å². The molecule has 16 heavy (non-hydrogen) atoms. The molecule has 6 nitrogen and oxygen atoms in total. The van der Waals surface area contributed by atoms with Gasteiger partial charge in [0.15, 0.2) is 0 Å². The zero-order valence-electron chi connectivity index (χ0n) is 9.56. The molecule has 2 N–H and O–H groups in total. The number of hydrogen-bond acceptors (Lipinski definition) is 4. The fourth-order valence-electron chi connectivity index (χ4n) is 0.708. The number of carboxylic acid groups (broad SMARTS) is 2. The van der Waals surface area contributed by atoms with Crippen LogP contribution in [0.15, 0.2) is 0 Å². The first-order valence-electron chi connectivity index (χ1n) is 4.97. The summed E-state index contributed by atoms with van der Waals surface area (Å²) in [7, 11) is 0. The molecule has 0 bridgehead atoms. The van der Waals surface area contributed by atoms with Crippen LogP contribution in [0.4, 0.5) is 0 Å². The van der Waals surface area contributed by atoms with Crippen LogP contribution in [0.3, 0.4) is 0 Å². The number of carboxylic acids is 2. The Labute approximate surface area is 94.2 Å². The summed E-state index contributed by atoms with van der Waals surface area (Å²) in [6.07, 6.45) is -1.10. The van der Waals surface area contributed by atoms with E-state index >= 15 is 0 Å². The lowest BCUT2D eigenvalue weighted by Crippen LogP contribution is -2.08. The van der Waals surface area contributed by atoms with Crippen molar-refractivity contribution in [1.29, 1.82) is 0 Å². The molecule has 0 heterocycles. The van der Waals surface area contributed by atoms with E-state index in [2.05, 4.69) is 0 Å². The zero-order valence-corrected chi connectivity index (χ0v) is 9.56. The van der Waals surface area contributed by atoms with Gasteiger partial charge in [-0.15, -0.1) is 0 Å². The van der Waals surface area contributed by atoms with Gasteiger partial charge in [-0.25, -0.2) is 0 Å². The van der Waals surface area contributed by atoms with Gasteiger partial charge in [0.25, 0.3) is 0 Å². The molecule has 0 unspecified atom stereocenters. The minimum Gasteiger partial charge on any atom is -0.481 e. The van der Waals surface area contributed by atoms with Gasteiger partial charge >= 0.3 is 11.9 Å². The van der Waals surface area contributed by atoms with Gasteiger partial charge in [-0.2, -0.15) is 0 Å². The van der Waals surface area contributed by atoms with Crippen LogP contribution >= 0.6 is 0 Å². The number of carbonyl (C=O) groups is 3. The van der Waals surface area contributed by atoms with E-state index < -0.39 is 24.1 Å². The molecule has 0 amide bonds. The molecule has 0 aliphatic heterocycles. The maximum Gasteiger partial charge on any atom is 0.310 e. The van der Waals surface area contributed by atoms with Crippen LogP contribution in [0.5, 0.6) is 0 Å². The Hall–Kier alpha value is -1.43. The van der Waals surface area contributed by atoms with Crippen molar-refractivity contribution >= 4 is 17.7 Å². The predicted molar refractivity (Wildman–Crippen MR) is 56.3 cm³/mol. The quantitative estimate of drug-likeness (QED) is 0.636. The van der Waals surface area contributed by atoms with E-state index in [-0.39, 0.29) is 12.8 Å². The molecule has 0 atom stereocenters. The number of ketones is 1. The first-order valence-corrected chi connectivity index (χ1v) is 4.97. The van der Waals surface area contributed by atoms with Gasteiger partial charge < -0.3 is 14.9 Å². The van der Waals surface area contributed by atoms with Gasteiger partial charge in [0, 0.05) is 19.6 Å². The number of aliphatic carboxylic acids is 2. The molecule has 0 aliphatic rings. The number of ether oxygens (including phenoxy) is 1. The summed E-state index contributed by atoms with van der Waals surface area (Å²) in [6, 6.07) is 0. The summed E-state index contributed by atoms with van der Waals surface area (Å²) < 4.78 is 4.83. The molecule has 0 saturated heterocycles. The molecule has 94 valence electrons. The Morgan fingerprint density at radius 2 is 1.44 bits per heavy atom. The van der Waals surface area contributed by atoms with Gasteiger partial charge in [-0.05, 0) is 13.8 Å². The molecule has 0 aromatic carbocycles. The van der Waals surface area contributed by atoms with E-state index in [4.69, 9.17) is 14.9 Å². The average Bonchev–Trinajstić information content (AvgIpc) is 2.16. The average molecular weight is 234 g/mol. The third kappa shape index (κ3) is 18.4. The highest BCUT2D eigenvalue weighted by atomic mass is 16.5. The molecule has 0 radical (unpaired) electrons. The summed E-state index contributed by atoms with van der Waals surface area (Å²) in [5, 5.41) is 16.2. The molecule has 0 saturated carbocycles. The summed E-state index contributed by atoms with van der Waals surface area (Å²) in [5.74, 6) is -2.87. The van der Waals surface area contributed by atoms with E-state index in [9.17, 15) is 14.4 Å². The van der Waals surface area contributed by atoms with Crippen molar-refractivity contribution in [3.05, 3.63) is 0 Å². The first kappa shape index (κ1) is 17.0. The van der Waals surface area contributed by atoms with Crippen LogP contribution in [-0.2, 0) is 19.1 Å². The third-order valence-electron chi connectivity index (χ3n) is 1.37. The van der Waals surface area contributed by atoms with Crippen molar-refractivity contribution in [3.8, 4) is 0 Å². The largest absolute Gasteiger partial charge is 0.481 e. The van der Waals surface area contributed by atoms with Gasteiger partial charge in [-0.1, -0.05) is 0 Å². The van der Waals surface area contributed by atoms with Crippen molar-refractivity contribution in [2.45, 2.75) is 33.1 Å². The standard InChI is InChI=1S/C6H8O5.C4H10O/c7-4(3-6(10)11)1-2-5(8)9;1-3-5-4-2/h1-3H2,(H,8,9)(H,10,11);3-4H2,1-2H3. The Balaban J connectivity index is 0. The Morgan fingerprint density at radius 3 is 1.69 bits per heavy atom. The second-order valence-corrected chi connectivity index (χ2v) is 2.78. The number of hydrogen-bond donors (Lipinski definition) is 2. The molecule has 6 heteroatoms. The zero-order chi connectivity index (χ0) is 13.0. The Kier molecular flexibility index (Phi) is 12.4. The summed E-state index contributed by atoms with van der Waals surface area (Å²) in [5.41, 5.74) is 0. The minimum atomic E-state index is -1.22. The molecule has 0 aromatic heterocycles.